The van der Waals surface area contributed by atoms with Crippen molar-refractivity contribution >= 4 is 49.0 Å². The Labute approximate surface area is 185 Å². The molecule has 0 bridgehead atoms. The quantitative estimate of drug-likeness (QED) is 0.329. The second-order valence-corrected chi connectivity index (χ2v) is 8.41. The first kappa shape index (κ1) is 19.7. The number of Topliss-reactive ketones (excluding diaryl/α,β-unsaturated/α-hetero) is 1. The van der Waals surface area contributed by atoms with Crippen molar-refractivity contribution < 1.29 is 9.18 Å². The zero-order valence-electron chi connectivity index (χ0n) is 15.2. The number of hydrogen-bond acceptors (Lipinski definition) is 1. The molecule has 0 unspecified atom stereocenters. The van der Waals surface area contributed by atoms with Crippen LogP contribution in [0.15, 0.2) is 106 Å². The molecule has 0 saturated carbocycles. The number of hydrogen-bond donors (Lipinski definition) is 0. The molecule has 0 aromatic heterocycles. The van der Waals surface area contributed by atoms with E-state index < -0.39 is 5.83 Å². The molecule has 0 amide bonds. The lowest BCUT2D eigenvalue weighted by Gasteiger charge is -2.13. The summed E-state index contributed by atoms with van der Waals surface area (Å²) in [5.41, 5.74) is 4.01. The van der Waals surface area contributed by atoms with Crippen LogP contribution in [0.2, 0.25) is 0 Å². The summed E-state index contributed by atoms with van der Waals surface area (Å²) in [6.45, 7) is 0. The summed E-state index contributed by atoms with van der Waals surface area (Å²) in [5, 5.41) is 0. The van der Waals surface area contributed by atoms with Crippen LogP contribution in [0.1, 0.15) is 27.0 Å². The van der Waals surface area contributed by atoms with Gasteiger partial charge in [0, 0.05) is 25.6 Å². The van der Waals surface area contributed by atoms with Gasteiger partial charge in [0.15, 0.2) is 5.78 Å². The minimum atomic E-state index is -0.395. The van der Waals surface area contributed by atoms with Gasteiger partial charge < -0.3 is 0 Å². The van der Waals surface area contributed by atoms with E-state index in [0.717, 1.165) is 25.6 Å². The maximum atomic E-state index is 14.5. The molecule has 0 radical (unpaired) electrons. The number of ketones is 1. The Morgan fingerprint density at radius 2 is 1.28 bits per heavy atom. The molecular formula is C25H15Br2FO. The molecule has 3 aromatic carbocycles. The number of allylic oxidation sites excluding steroid dienone is 4. The fourth-order valence-electron chi connectivity index (χ4n) is 3.24. The molecule has 0 fully saturated rings. The van der Waals surface area contributed by atoms with Crippen molar-refractivity contribution in [3.05, 3.63) is 128 Å². The van der Waals surface area contributed by atoms with Crippen LogP contribution in [0, 0.1) is 0 Å². The van der Waals surface area contributed by atoms with Crippen molar-refractivity contribution in [2.45, 2.75) is 0 Å². The highest BCUT2D eigenvalue weighted by molar-refractivity contribution is 9.10. The summed E-state index contributed by atoms with van der Waals surface area (Å²) in [7, 11) is 0. The second kappa shape index (κ2) is 8.44. The van der Waals surface area contributed by atoms with Gasteiger partial charge in [-0.2, -0.15) is 0 Å². The summed E-state index contributed by atoms with van der Waals surface area (Å²) < 4.78 is 16.5. The zero-order valence-corrected chi connectivity index (χ0v) is 18.4. The van der Waals surface area contributed by atoms with E-state index in [1.807, 2.05) is 54.6 Å². The third kappa shape index (κ3) is 4.24. The standard InChI is InChI=1S/C25H15Br2FO/c26-19-10-5-16(6-11-19)21(17-7-12-20(27)13-8-17)14-9-18-15-24(28)22-3-1-2-4-23(22)25(18)29/h1-15H/b18-9+. The van der Waals surface area contributed by atoms with Crippen molar-refractivity contribution in [1.82, 2.24) is 0 Å². The fraction of sp³-hybridized carbons (Fsp3) is 0. The van der Waals surface area contributed by atoms with E-state index in [2.05, 4.69) is 31.9 Å². The summed E-state index contributed by atoms with van der Waals surface area (Å²) >= 11 is 6.92. The van der Waals surface area contributed by atoms with Crippen LogP contribution in [-0.4, -0.2) is 5.78 Å². The minimum Gasteiger partial charge on any atom is -0.289 e. The molecule has 4 heteroatoms. The number of rotatable bonds is 3. The molecule has 4 rings (SSSR count). The summed E-state index contributed by atoms with van der Waals surface area (Å²) in [6.07, 6.45) is 4.87. The van der Waals surface area contributed by atoms with Crippen LogP contribution in [0.5, 0.6) is 0 Å². The molecule has 142 valence electrons. The van der Waals surface area contributed by atoms with Gasteiger partial charge in [0.05, 0.1) is 0 Å². The average molecular weight is 510 g/mol. The third-order valence-electron chi connectivity index (χ3n) is 4.71. The molecule has 0 aliphatic heterocycles. The number of carbonyl (C=O) groups excluding carboxylic acids is 1. The first-order valence-corrected chi connectivity index (χ1v) is 10.6. The Bertz CT molecular complexity index is 1120. The van der Waals surface area contributed by atoms with E-state index in [-0.39, 0.29) is 5.78 Å². The van der Waals surface area contributed by atoms with Gasteiger partial charge in [0.1, 0.15) is 5.83 Å². The number of halogens is 3. The van der Waals surface area contributed by atoms with Crippen molar-refractivity contribution in [2.75, 3.05) is 0 Å². The predicted octanol–water partition coefficient (Wildman–Crippen LogP) is 7.78. The lowest BCUT2D eigenvalue weighted by atomic mass is 9.90. The maximum absolute atomic E-state index is 14.5. The van der Waals surface area contributed by atoms with E-state index >= 15 is 0 Å². The molecule has 1 nitrogen and oxygen atoms in total. The number of carbonyl (C=O) groups is 1. The topological polar surface area (TPSA) is 17.1 Å². The molecule has 1 aliphatic carbocycles. The van der Waals surface area contributed by atoms with Crippen LogP contribution < -0.4 is 0 Å². The highest BCUT2D eigenvalue weighted by Gasteiger charge is 2.22. The van der Waals surface area contributed by atoms with E-state index in [4.69, 9.17) is 0 Å². The highest BCUT2D eigenvalue weighted by atomic mass is 79.9. The van der Waals surface area contributed by atoms with Crippen LogP contribution >= 0.6 is 31.9 Å². The Hall–Kier alpha value is -2.56. The predicted molar refractivity (Wildman–Crippen MR) is 123 cm³/mol. The van der Waals surface area contributed by atoms with Crippen molar-refractivity contribution in [2.24, 2.45) is 0 Å². The van der Waals surface area contributed by atoms with Crippen LogP contribution in [0.3, 0.4) is 0 Å². The van der Waals surface area contributed by atoms with Gasteiger partial charge in [-0.05, 0) is 47.0 Å². The summed E-state index contributed by atoms with van der Waals surface area (Å²) in [5.74, 6) is -0.571. The molecule has 0 spiro atoms. The van der Waals surface area contributed by atoms with Gasteiger partial charge in [-0.25, -0.2) is 4.39 Å². The molecule has 29 heavy (non-hydrogen) atoms. The molecule has 0 saturated heterocycles. The van der Waals surface area contributed by atoms with E-state index in [1.165, 1.54) is 6.08 Å². The molecule has 3 aromatic rings. The lowest BCUT2D eigenvalue weighted by Crippen LogP contribution is -2.09. The van der Waals surface area contributed by atoms with Crippen LogP contribution in [0.25, 0.3) is 11.4 Å². The van der Waals surface area contributed by atoms with Gasteiger partial charge in [0.25, 0.3) is 0 Å². The molecule has 1 aliphatic rings. The normalized spacial score (nSPS) is 14.4. The van der Waals surface area contributed by atoms with Gasteiger partial charge in [0.2, 0.25) is 0 Å². The molecule has 0 N–H and O–H groups in total. The Kier molecular flexibility index (Phi) is 5.74. The van der Waals surface area contributed by atoms with Gasteiger partial charge in [-0.3, -0.25) is 4.79 Å². The smallest absolute Gasteiger partial charge is 0.193 e. The van der Waals surface area contributed by atoms with Crippen molar-refractivity contribution in [3.8, 4) is 0 Å². The zero-order chi connectivity index (χ0) is 20.4. The Balaban J connectivity index is 1.81. The Morgan fingerprint density at radius 1 is 0.759 bits per heavy atom. The lowest BCUT2D eigenvalue weighted by molar-refractivity contribution is 0.103. The van der Waals surface area contributed by atoms with Crippen LogP contribution in [-0.2, 0) is 0 Å². The summed E-state index contributed by atoms with van der Waals surface area (Å²) in [6, 6.07) is 22.7. The van der Waals surface area contributed by atoms with E-state index in [9.17, 15) is 9.18 Å². The summed E-state index contributed by atoms with van der Waals surface area (Å²) in [4.78, 5) is 12.8. The van der Waals surface area contributed by atoms with Crippen LogP contribution in [0.4, 0.5) is 4.39 Å². The van der Waals surface area contributed by atoms with Crippen molar-refractivity contribution in [3.63, 3.8) is 0 Å². The van der Waals surface area contributed by atoms with Crippen molar-refractivity contribution in [1.29, 1.82) is 0 Å². The molecule has 0 atom stereocenters. The second-order valence-electron chi connectivity index (χ2n) is 6.58. The maximum Gasteiger partial charge on any atom is 0.193 e. The molecule has 0 heterocycles. The number of benzene rings is 3. The monoisotopic (exact) mass is 508 g/mol. The van der Waals surface area contributed by atoms with E-state index in [0.29, 0.717) is 16.7 Å². The van der Waals surface area contributed by atoms with Gasteiger partial charge in [-0.15, -0.1) is 0 Å². The third-order valence-corrected chi connectivity index (χ3v) is 5.77. The average Bonchev–Trinajstić information content (AvgIpc) is 2.74. The van der Waals surface area contributed by atoms with Gasteiger partial charge in [-0.1, -0.05) is 92.5 Å². The number of fused-ring (bicyclic) bond motifs is 1. The molecular weight excluding hydrogens is 495 g/mol. The fourth-order valence-corrected chi connectivity index (χ4v) is 3.77. The van der Waals surface area contributed by atoms with Gasteiger partial charge >= 0.3 is 0 Å². The minimum absolute atomic E-state index is 0.177. The highest BCUT2D eigenvalue weighted by Crippen LogP contribution is 2.31. The Morgan fingerprint density at radius 3 is 1.83 bits per heavy atom. The first-order chi connectivity index (χ1) is 14.0. The largest absolute Gasteiger partial charge is 0.289 e. The SMILES string of the molecule is O=C1/C(=C/C=C(c2ccc(Br)cc2)c2ccc(Br)cc2)C=C(F)c2ccccc21. The first-order valence-electron chi connectivity index (χ1n) is 8.98. The van der Waals surface area contributed by atoms with E-state index in [1.54, 1.807) is 30.3 Å².